The number of benzene rings is 4. The second kappa shape index (κ2) is 9.27. The molecule has 0 atom stereocenters. The lowest BCUT2D eigenvalue weighted by Crippen LogP contribution is -2.01. The maximum Gasteiger partial charge on any atom is 0.123 e. The standard InChI is InChI=1S/C26H18F2N2S2/c27-19-5-9-21(10-6-19)31-15-25-26(16-32-22-11-7-20(28)8-12-22)30-24-14-18-4-2-1-3-17(18)13-23(24)29-25/h1-14H,15-16H2. The van der Waals surface area contributed by atoms with Gasteiger partial charge >= 0.3 is 0 Å². The van der Waals surface area contributed by atoms with Gasteiger partial charge in [-0.05, 0) is 71.4 Å². The van der Waals surface area contributed by atoms with Crippen molar-refractivity contribution in [2.24, 2.45) is 0 Å². The van der Waals surface area contributed by atoms with Crippen LogP contribution in [0.4, 0.5) is 8.78 Å². The van der Waals surface area contributed by atoms with E-state index < -0.39 is 0 Å². The van der Waals surface area contributed by atoms with E-state index in [-0.39, 0.29) is 11.6 Å². The van der Waals surface area contributed by atoms with Crippen molar-refractivity contribution in [3.63, 3.8) is 0 Å². The van der Waals surface area contributed by atoms with Crippen molar-refractivity contribution in [2.75, 3.05) is 0 Å². The van der Waals surface area contributed by atoms with Crippen LogP contribution in [0.2, 0.25) is 0 Å². The van der Waals surface area contributed by atoms with Gasteiger partial charge in [0.15, 0.2) is 0 Å². The van der Waals surface area contributed by atoms with Crippen LogP contribution in [0.15, 0.2) is 94.7 Å². The quantitative estimate of drug-likeness (QED) is 0.192. The Morgan fingerprint density at radius 2 is 0.969 bits per heavy atom. The molecule has 6 heteroatoms. The first-order valence-electron chi connectivity index (χ1n) is 10.1. The van der Waals surface area contributed by atoms with E-state index in [2.05, 4.69) is 24.3 Å². The molecule has 0 unspecified atom stereocenters. The van der Waals surface area contributed by atoms with Gasteiger partial charge in [0.25, 0.3) is 0 Å². The lowest BCUT2D eigenvalue weighted by Gasteiger charge is -2.11. The Hall–Kier alpha value is -2.96. The normalized spacial score (nSPS) is 11.3. The largest absolute Gasteiger partial charge is 0.248 e. The highest BCUT2D eigenvalue weighted by molar-refractivity contribution is 7.99. The highest BCUT2D eigenvalue weighted by Crippen LogP contribution is 2.30. The number of halogens is 2. The minimum atomic E-state index is -0.247. The zero-order valence-electron chi connectivity index (χ0n) is 17.0. The van der Waals surface area contributed by atoms with Crippen LogP contribution in [0.25, 0.3) is 21.8 Å². The Balaban J connectivity index is 1.49. The van der Waals surface area contributed by atoms with Crippen molar-refractivity contribution in [1.82, 2.24) is 9.97 Å². The highest BCUT2D eigenvalue weighted by Gasteiger charge is 2.12. The fourth-order valence-corrected chi connectivity index (χ4v) is 5.14. The number of aromatic nitrogens is 2. The van der Waals surface area contributed by atoms with Crippen molar-refractivity contribution in [3.05, 3.63) is 108 Å². The summed E-state index contributed by atoms with van der Waals surface area (Å²) in [5, 5.41) is 2.25. The number of hydrogen-bond acceptors (Lipinski definition) is 4. The monoisotopic (exact) mass is 460 g/mol. The molecular weight excluding hydrogens is 442 g/mol. The van der Waals surface area contributed by atoms with Gasteiger partial charge in [-0.2, -0.15) is 0 Å². The van der Waals surface area contributed by atoms with Crippen LogP contribution in [0, 0.1) is 11.6 Å². The Morgan fingerprint density at radius 3 is 1.38 bits per heavy atom. The average molecular weight is 461 g/mol. The molecule has 0 radical (unpaired) electrons. The molecule has 5 rings (SSSR count). The number of fused-ring (bicyclic) bond motifs is 2. The number of thioether (sulfide) groups is 2. The summed E-state index contributed by atoms with van der Waals surface area (Å²) in [6, 6.07) is 25.3. The van der Waals surface area contributed by atoms with Crippen molar-refractivity contribution < 1.29 is 8.78 Å². The van der Waals surface area contributed by atoms with E-state index >= 15 is 0 Å². The molecule has 32 heavy (non-hydrogen) atoms. The van der Waals surface area contributed by atoms with Crippen LogP contribution in [0.3, 0.4) is 0 Å². The third kappa shape index (κ3) is 4.76. The van der Waals surface area contributed by atoms with E-state index in [1.165, 1.54) is 24.3 Å². The van der Waals surface area contributed by atoms with E-state index in [1.54, 1.807) is 47.8 Å². The molecule has 2 nitrogen and oxygen atoms in total. The minimum absolute atomic E-state index is 0.247. The Labute approximate surface area is 193 Å². The smallest absolute Gasteiger partial charge is 0.123 e. The summed E-state index contributed by atoms with van der Waals surface area (Å²) >= 11 is 3.21. The number of nitrogens with zero attached hydrogens (tertiary/aromatic N) is 2. The zero-order chi connectivity index (χ0) is 21.9. The molecular formula is C26H18F2N2S2. The lowest BCUT2D eigenvalue weighted by molar-refractivity contribution is 0.626. The molecule has 0 spiro atoms. The molecule has 0 aliphatic heterocycles. The zero-order valence-corrected chi connectivity index (χ0v) is 18.6. The van der Waals surface area contributed by atoms with Gasteiger partial charge in [-0.25, -0.2) is 18.7 Å². The highest BCUT2D eigenvalue weighted by atomic mass is 32.2. The predicted octanol–water partition coefficient (Wildman–Crippen LogP) is 7.65. The maximum atomic E-state index is 13.2. The summed E-state index contributed by atoms with van der Waals surface area (Å²) in [6.45, 7) is 0. The molecule has 0 fully saturated rings. The van der Waals surface area contributed by atoms with Gasteiger partial charge < -0.3 is 0 Å². The van der Waals surface area contributed by atoms with Crippen molar-refractivity contribution in [1.29, 1.82) is 0 Å². The molecule has 0 saturated carbocycles. The Bertz CT molecular complexity index is 1280. The van der Waals surface area contributed by atoms with Gasteiger partial charge in [-0.15, -0.1) is 23.5 Å². The maximum absolute atomic E-state index is 13.2. The van der Waals surface area contributed by atoms with E-state index in [1.807, 2.05) is 12.1 Å². The first-order chi connectivity index (χ1) is 15.6. The topological polar surface area (TPSA) is 25.8 Å². The molecule has 158 valence electrons. The molecule has 0 saturated heterocycles. The lowest BCUT2D eigenvalue weighted by atomic mass is 10.1. The average Bonchev–Trinajstić information content (AvgIpc) is 2.82. The van der Waals surface area contributed by atoms with Gasteiger partial charge in [0.1, 0.15) is 11.6 Å². The summed E-state index contributed by atoms with van der Waals surface area (Å²) < 4.78 is 26.5. The van der Waals surface area contributed by atoms with Gasteiger partial charge in [0.05, 0.1) is 22.4 Å². The van der Waals surface area contributed by atoms with Crippen molar-refractivity contribution in [2.45, 2.75) is 21.3 Å². The molecule has 0 bridgehead atoms. The fourth-order valence-electron chi connectivity index (χ4n) is 3.41. The van der Waals surface area contributed by atoms with E-state index in [9.17, 15) is 8.78 Å². The van der Waals surface area contributed by atoms with Gasteiger partial charge in [0, 0.05) is 21.3 Å². The Kier molecular flexibility index (Phi) is 6.06. The molecule has 4 aromatic carbocycles. The minimum Gasteiger partial charge on any atom is -0.248 e. The van der Waals surface area contributed by atoms with Crippen LogP contribution in [0.5, 0.6) is 0 Å². The second-order valence-electron chi connectivity index (χ2n) is 7.29. The summed E-state index contributed by atoms with van der Waals surface area (Å²) in [4.78, 5) is 11.9. The van der Waals surface area contributed by atoms with Crippen LogP contribution >= 0.6 is 23.5 Å². The SMILES string of the molecule is Fc1ccc(SCc2nc3cc4ccccc4cc3nc2CSc2ccc(F)cc2)cc1. The van der Waals surface area contributed by atoms with Crippen molar-refractivity contribution in [3.8, 4) is 0 Å². The number of rotatable bonds is 6. The molecule has 0 aliphatic carbocycles. The first kappa shape index (κ1) is 20.9. The third-order valence-electron chi connectivity index (χ3n) is 5.07. The molecule has 0 aliphatic rings. The van der Waals surface area contributed by atoms with E-state index in [4.69, 9.17) is 9.97 Å². The fraction of sp³-hybridized carbons (Fsp3) is 0.0769. The van der Waals surface area contributed by atoms with E-state index in [0.29, 0.717) is 11.5 Å². The van der Waals surface area contributed by atoms with Gasteiger partial charge in [-0.1, -0.05) is 24.3 Å². The van der Waals surface area contributed by atoms with Crippen LogP contribution in [-0.4, -0.2) is 9.97 Å². The predicted molar refractivity (Wildman–Crippen MR) is 129 cm³/mol. The van der Waals surface area contributed by atoms with Gasteiger partial charge in [0.2, 0.25) is 0 Å². The molecule has 1 aromatic heterocycles. The molecule has 1 heterocycles. The summed E-state index contributed by atoms with van der Waals surface area (Å²) in [7, 11) is 0. The summed E-state index contributed by atoms with van der Waals surface area (Å²) in [5.74, 6) is 0.757. The molecule has 0 amide bonds. The third-order valence-corrected chi connectivity index (χ3v) is 7.11. The number of hydrogen-bond donors (Lipinski definition) is 0. The second-order valence-corrected chi connectivity index (χ2v) is 9.39. The van der Waals surface area contributed by atoms with Crippen LogP contribution in [-0.2, 0) is 11.5 Å². The summed E-state index contributed by atoms with van der Waals surface area (Å²) in [6.07, 6.45) is 0. The van der Waals surface area contributed by atoms with Crippen LogP contribution in [0.1, 0.15) is 11.4 Å². The van der Waals surface area contributed by atoms with Crippen LogP contribution < -0.4 is 0 Å². The van der Waals surface area contributed by atoms with Crippen molar-refractivity contribution >= 4 is 45.3 Å². The first-order valence-corrected chi connectivity index (χ1v) is 12.1. The molecule has 5 aromatic rings. The van der Waals surface area contributed by atoms with Gasteiger partial charge in [-0.3, -0.25) is 0 Å². The van der Waals surface area contributed by atoms with E-state index in [0.717, 1.165) is 43.0 Å². The summed E-state index contributed by atoms with van der Waals surface area (Å²) in [5.41, 5.74) is 3.51. The molecule has 0 N–H and O–H groups in total. The Morgan fingerprint density at radius 1 is 0.562 bits per heavy atom.